The van der Waals surface area contributed by atoms with Gasteiger partial charge in [0, 0.05) is 0 Å². The van der Waals surface area contributed by atoms with Gasteiger partial charge in [0.05, 0.1) is 0 Å². The Morgan fingerprint density at radius 3 is 0.400 bits per heavy atom. The Hall–Kier alpha value is 1.81. The van der Waals surface area contributed by atoms with Crippen molar-refractivity contribution in [2.24, 2.45) is 0 Å². The Morgan fingerprint density at radius 1 is 0.400 bits per heavy atom. The SMILES string of the molecule is [Mo+6].[O-2].[O-2].[O-2].[O-2].[O-2].[O-2].[O-2].[Sb+3].[V+5]. The minimum atomic E-state index is 0. The standard InChI is InChI=1S/Mo.7O.Sb.V/q+6;7*-2;+3;+5. The molecule has 0 saturated heterocycles. The molecular formula is MoO7SbV. The van der Waals surface area contributed by atoms with Gasteiger partial charge in [0.15, 0.2) is 0 Å². The van der Waals surface area contributed by atoms with Crippen LogP contribution in [0, 0.1) is 0 Å². The average Bonchev–Trinajstić information content (AvgIpc) is 0. The summed E-state index contributed by atoms with van der Waals surface area (Å²) in [6, 6.07) is 0. The molecule has 0 aromatic carbocycles. The molecule has 0 amide bonds. The fourth-order valence-corrected chi connectivity index (χ4v) is 0. The Morgan fingerprint density at radius 2 is 0.400 bits per heavy atom. The zero-order valence-corrected chi connectivity index (χ0v) is 10.1. The molecule has 0 aliphatic rings. The summed E-state index contributed by atoms with van der Waals surface area (Å²) in [5.41, 5.74) is 0. The second kappa shape index (κ2) is 317. The van der Waals surface area contributed by atoms with E-state index in [1.807, 2.05) is 0 Å². The van der Waals surface area contributed by atoms with E-state index in [1.165, 1.54) is 0 Å². The van der Waals surface area contributed by atoms with Crippen LogP contribution in [0.4, 0.5) is 0 Å². The number of hydrogen-bond donors (Lipinski definition) is 0. The van der Waals surface area contributed by atoms with Crippen LogP contribution in [-0.2, 0) is 78.0 Å². The van der Waals surface area contributed by atoms with Crippen molar-refractivity contribution in [1.29, 1.82) is 0 Å². The molecule has 58 valence electrons. The van der Waals surface area contributed by atoms with Gasteiger partial charge in [-0.15, -0.1) is 0 Å². The van der Waals surface area contributed by atoms with E-state index >= 15 is 0 Å². The van der Waals surface area contributed by atoms with Crippen molar-refractivity contribution >= 4 is 24.4 Å². The maximum absolute atomic E-state index is 0. The molecule has 0 aliphatic carbocycles. The summed E-state index contributed by atoms with van der Waals surface area (Å²) in [5.74, 6) is 0. The molecule has 0 unspecified atom stereocenters. The summed E-state index contributed by atoms with van der Waals surface area (Å²) in [5, 5.41) is 0. The topological polar surface area (TPSA) is 200 Å². The summed E-state index contributed by atoms with van der Waals surface area (Å²) < 4.78 is 0. The van der Waals surface area contributed by atoms with Gasteiger partial charge in [0.2, 0.25) is 0 Å². The molecule has 0 bridgehead atoms. The molecule has 0 rings (SSSR count). The molecular weight excluding hydrogens is 381 g/mol. The van der Waals surface area contributed by atoms with Crippen molar-refractivity contribution in [3.63, 3.8) is 0 Å². The van der Waals surface area contributed by atoms with Crippen LogP contribution in [0.1, 0.15) is 0 Å². The van der Waals surface area contributed by atoms with Crippen molar-refractivity contribution in [2.45, 2.75) is 0 Å². The molecule has 2 radical (unpaired) electrons. The van der Waals surface area contributed by atoms with Crippen molar-refractivity contribution in [3.8, 4) is 0 Å². The summed E-state index contributed by atoms with van der Waals surface area (Å²) in [4.78, 5) is 0. The van der Waals surface area contributed by atoms with Crippen molar-refractivity contribution < 1.29 is 78.0 Å². The molecule has 0 spiro atoms. The quantitative estimate of drug-likeness (QED) is 0.454. The second-order valence-electron chi connectivity index (χ2n) is 0. The third-order valence-electron chi connectivity index (χ3n) is 0. The van der Waals surface area contributed by atoms with Crippen molar-refractivity contribution in [1.82, 2.24) is 0 Å². The molecule has 10 heavy (non-hydrogen) atoms. The van der Waals surface area contributed by atoms with Crippen LogP contribution in [0.2, 0.25) is 0 Å². The predicted octanol–water partition coefficient (Wildman–Crippen LogP) is -1.22. The Kier molecular flexibility index (Phi) is 13400. The Bertz CT molecular complexity index is 13.6. The van der Waals surface area contributed by atoms with Crippen molar-refractivity contribution in [3.05, 3.63) is 0 Å². The minimum Gasteiger partial charge on any atom is -2.00 e. The van der Waals surface area contributed by atoms with E-state index in [2.05, 4.69) is 0 Å². The average molecular weight is 381 g/mol. The third kappa shape index (κ3) is 232. The normalized spacial score (nSPS) is 0. The molecule has 0 aromatic rings. The first-order valence-electron chi connectivity index (χ1n) is 0. The van der Waals surface area contributed by atoms with E-state index in [0.717, 1.165) is 0 Å². The summed E-state index contributed by atoms with van der Waals surface area (Å²) >= 11 is 0. The molecule has 0 atom stereocenters. The fraction of sp³-hybridized carbons (Fsp3) is 0. The Balaban J connectivity index is 0. The van der Waals surface area contributed by atoms with Crippen LogP contribution in [0.3, 0.4) is 0 Å². The van der Waals surface area contributed by atoms with Crippen LogP contribution >= 0.6 is 0 Å². The summed E-state index contributed by atoms with van der Waals surface area (Å²) in [6.07, 6.45) is 0. The fourth-order valence-electron chi connectivity index (χ4n) is 0. The molecule has 7 nitrogen and oxygen atoms in total. The monoisotopic (exact) mass is 382 g/mol. The molecule has 0 aliphatic heterocycles. The van der Waals surface area contributed by atoms with E-state index in [0.29, 0.717) is 0 Å². The first kappa shape index (κ1) is 421. The Labute approximate surface area is 102 Å². The second-order valence-corrected chi connectivity index (χ2v) is 0. The molecule has 0 heterocycles. The molecule has 0 saturated carbocycles. The largest absolute Gasteiger partial charge is 6.00 e. The number of rotatable bonds is 0. The molecule has 10 heteroatoms. The first-order chi connectivity index (χ1) is 0. The van der Waals surface area contributed by atoms with Gasteiger partial charge < -0.3 is 38.3 Å². The van der Waals surface area contributed by atoms with Gasteiger partial charge in [-0.25, -0.2) is 0 Å². The van der Waals surface area contributed by atoms with Gasteiger partial charge in [-0.1, -0.05) is 0 Å². The minimum absolute atomic E-state index is 0. The summed E-state index contributed by atoms with van der Waals surface area (Å²) in [6.45, 7) is 0. The van der Waals surface area contributed by atoms with E-state index in [9.17, 15) is 0 Å². The molecule has 0 N–H and O–H groups in total. The van der Waals surface area contributed by atoms with Gasteiger partial charge in [0.25, 0.3) is 0 Å². The predicted molar refractivity (Wildman–Crippen MR) is 10.6 cm³/mol. The molecule has 0 aromatic heterocycles. The maximum Gasteiger partial charge on any atom is 6.00 e. The molecule has 0 fully saturated rings. The van der Waals surface area contributed by atoms with Gasteiger partial charge in [-0.3, -0.25) is 0 Å². The van der Waals surface area contributed by atoms with Crippen LogP contribution in [0.5, 0.6) is 0 Å². The smallest absolute Gasteiger partial charge is 2.00 e. The van der Waals surface area contributed by atoms with Crippen molar-refractivity contribution in [2.75, 3.05) is 0 Å². The van der Waals surface area contributed by atoms with Crippen LogP contribution in [0.15, 0.2) is 0 Å². The summed E-state index contributed by atoms with van der Waals surface area (Å²) in [7, 11) is 0. The number of hydrogen-bond acceptors (Lipinski definition) is 0. The van der Waals surface area contributed by atoms with Gasteiger partial charge in [-0.05, 0) is 0 Å². The maximum atomic E-state index is 0. The van der Waals surface area contributed by atoms with Gasteiger partial charge >= 0.3 is 64.0 Å². The van der Waals surface area contributed by atoms with E-state index < -0.39 is 0 Å². The van der Waals surface area contributed by atoms with Gasteiger partial charge in [0.1, 0.15) is 0 Å². The zero-order valence-electron chi connectivity index (χ0n) is 4.16. The van der Waals surface area contributed by atoms with Crippen LogP contribution in [0.25, 0.3) is 0 Å². The van der Waals surface area contributed by atoms with Crippen LogP contribution in [-0.4, -0.2) is 24.4 Å². The van der Waals surface area contributed by atoms with Gasteiger partial charge in [-0.2, -0.15) is 0 Å². The van der Waals surface area contributed by atoms with E-state index in [1.54, 1.807) is 0 Å². The van der Waals surface area contributed by atoms with E-state index in [4.69, 9.17) is 0 Å². The van der Waals surface area contributed by atoms with E-state index in [-0.39, 0.29) is 102 Å². The zero-order chi connectivity index (χ0) is 0. The van der Waals surface area contributed by atoms with Crippen LogP contribution < -0.4 is 0 Å². The first-order valence-corrected chi connectivity index (χ1v) is 0. The third-order valence-corrected chi connectivity index (χ3v) is 0.